The lowest BCUT2D eigenvalue weighted by Gasteiger charge is -2.32. The van der Waals surface area contributed by atoms with Crippen molar-refractivity contribution in [1.82, 2.24) is 20.4 Å². The maximum absolute atomic E-state index is 13.3. The zero-order valence-electron chi connectivity index (χ0n) is 22.5. The van der Waals surface area contributed by atoms with E-state index < -0.39 is 12.0 Å². The van der Waals surface area contributed by atoms with Gasteiger partial charge in [0.15, 0.2) is 0 Å². The molecule has 2 N–H and O–H groups in total. The topological polar surface area (TPSA) is 91.0 Å². The summed E-state index contributed by atoms with van der Waals surface area (Å²) in [6, 6.07) is 13.8. The first kappa shape index (κ1) is 28.4. The number of likely N-dealkylation sites (tertiary alicyclic amines) is 1. The predicted molar refractivity (Wildman–Crippen MR) is 152 cm³/mol. The molecule has 0 aromatic heterocycles. The third-order valence-electron chi connectivity index (χ3n) is 7.56. The lowest BCUT2D eigenvalue weighted by molar-refractivity contribution is -0.145. The monoisotopic (exact) mass is 540 g/mol. The molecule has 0 aliphatic carbocycles. The van der Waals surface area contributed by atoms with Crippen molar-refractivity contribution in [2.45, 2.75) is 56.8 Å². The minimum atomic E-state index is -0.669. The largest absolute Gasteiger partial charge is 0.467 e. The summed E-state index contributed by atoms with van der Waals surface area (Å²) in [4.78, 5) is 42.9. The van der Waals surface area contributed by atoms with Crippen LogP contribution in [-0.2, 0) is 25.7 Å². The number of hydrogen-bond acceptors (Lipinski definition) is 7. The Hall–Kier alpha value is -2.62. The number of benzene rings is 2. The van der Waals surface area contributed by atoms with Crippen LogP contribution in [-0.4, -0.2) is 91.0 Å². The number of amides is 2. The highest BCUT2D eigenvalue weighted by Crippen LogP contribution is 2.24. The Bertz CT molecular complexity index is 1100. The van der Waals surface area contributed by atoms with Gasteiger partial charge in [-0.15, -0.1) is 0 Å². The molecular weight excluding hydrogens is 500 g/mol. The molecule has 3 atom stereocenters. The summed E-state index contributed by atoms with van der Waals surface area (Å²) >= 11 is 1.62. The second-order valence-corrected chi connectivity index (χ2v) is 11.2. The van der Waals surface area contributed by atoms with E-state index in [4.69, 9.17) is 4.74 Å². The standard InChI is InChI=1S/C29H40N4O4S/c1-37-29(36)26(14-17-38-2)31-27(34)20-32(18-22-10-5-9-21-8-3-4-12-24(21)22)19-23-11-7-16-33(23)28(35)25-13-6-15-30-25/h3-5,8-10,12,23,25-26,30H,6-7,11,13-20H2,1-2H3,(H,31,34)/t23-,25?,26-/m0/s1. The summed E-state index contributed by atoms with van der Waals surface area (Å²) in [6.45, 7) is 2.96. The SMILES string of the molecule is COC(=O)[C@H](CCSC)NC(=O)CN(Cc1cccc2ccccc12)C[C@@H]1CCCN1C(=O)C1CCCN1. The quantitative estimate of drug-likeness (QED) is 0.400. The first-order chi connectivity index (χ1) is 18.5. The molecule has 4 rings (SSSR count). The number of ether oxygens (including phenoxy) is 1. The molecule has 2 amide bonds. The van der Waals surface area contributed by atoms with Crippen LogP contribution in [0, 0.1) is 0 Å². The van der Waals surface area contributed by atoms with Gasteiger partial charge in [0.2, 0.25) is 11.8 Å². The van der Waals surface area contributed by atoms with Gasteiger partial charge in [-0.05, 0) is 67.0 Å². The van der Waals surface area contributed by atoms with E-state index in [2.05, 4.69) is 39.8 Å². The number of rotatable bonds is 12. The van der Waals surface area contributed by atoms with Crippen LogP contribution >= 0.6 is 11.8 Å². The van der Waals surface area contributed by atoms with Crippen molar-refractivity contribution < 1.29 is 19.1 Å². The van der Waals surface area contributed by atoms with Crippen molar-refractivity contribution in [2.24, 2.45) is 0 Å². The van der Waals surface area contributed by atoms with E-state index in [9.17, 15) is 14.4 Å². The van der Waals surface area contributed by atoms with Gasteiger partial charge in [0, 0.05) is 25.7 Å². The third kappa shape index (κ3) is 7.27. The molecule has 2 heterocycles. The summed E-state index contributed by atoms with van der Waals surface area (Å²) in [5.74, 6) is 0.288. The molecule has 206 valence electrons. The van der Waals surface area contributed by atoms with Crippen molar-refractivity contribution in [3.8, 4) is 0 Å². The van der Waals surface area contributed by atoms with Gasteiger partial charge in [0.25, 0.3) is 0 Å². The van der Waals surface area contributed by atoms with Crippen LogP contribution in [0.3, 0.4) is 0 Å². The van der Waals surface area contributed by atoms with Gasteiger partial charge in [-0.25, -0.2) is 4.79 Å². The summed E-state index contributed by atoms with van der Waals surface area (Å²) in [5, 5.41) is 8.55. The molecule has 8 nitrogen and oxygen atoms in total. The fraction of sp³-hybridized carbons (Fsp3) is 0.552. The Morgan fingerprint density at radius 2 is 1.97 bits per heavy atom. The van der Waals surface area contributed by atoms with Gasteiger partial charge < -0.3 is 20.3 Å². The second kappa shape index (κ2) is 14.0. The maximum Gasteiger partial charge on any atom is 0.328 e. The molecule has 0 spiro atoms. The lowest BCUT2D eigenvalue weighted by atomic mass is 10.0. The maximum atomic E-state index is 13.3. The number of carbonyl (C=O) groups is 3. The Labute approximate surface area is 229 Å². The number of nitrogens with one attached hydrogen (secondary N) is 2. The van der Waals surface area contributed by atoms with Gasteiger partial charge in [0.1, 0.15) is 6.04 Å². The highest BCUT2D eigenvalue weighted by atomic mass is 32.2. The van der Waals surface area contributed by atoms with Crippen LogP contribution < -0.4 is 10.6 Å². The van der Waals surface area contributed by atoms with Gasteiger partial charge >= 0.3 is 5.97 Å². The van der Waals surface area contributed by atoms with Crippen LogP contribution in [0.15, 0.2) is 42.5 Å². The number of carbonyl (C=O) groups excluding carboxylic acids is 3. The van der Waals surface area contributed by atoms with Crippen LogP contribution in [0.25, 0.3) is 10.8 Å². The zero-order chi connectivity index (χ0) is 26.9. The fourth-order valence-corrected chi connectivity index (χ4v) is 6.11. The Balaban J connectivity index is 1.52. The lowest BCUT2D eigenvalue weighted by Crippen LogP contribution is -2.51. The van der Waals surface area contributed by atoms with Gasteiger partial charge in [-0.3, -0.25) is 14.5 Å². The second-order valence-electron chi connectivity index (χ2n) is 10.2. The van der Waals surface area contributed by atoms with Crippen LogP contribution in [0.2, 0.25) is 0 Å². The minimum Gasteiger partial charge on any atom is -0.467 e. The molecule has 38 heavy (non-hydrogen) atoms. The van der Waals surface area contributed by atoms with E-state index in [0.29, 0.717) is 19.5 Å². The van der Waals surface area contributed by atoms with E-state index in [1.54, 1.807) is 11.8 Å². The number of hydrogen-bond donors (Lipinski definition) is 2. The highest BCUT2D eigenvalue weighted by molar-refractivity contribution is 7.98. The zero-order valence-corrected chi connectivity index (χ0v) is 23.3. The highest BCUT2D eigenvalue weighted by Gasteiger charge is 2.35. The normalized spacial score (nSPS) is 20.1. The van der Waals surface area contributed by atoms with Gasteiger partial charge in [0.05, 0.1) is 19.7 Å². The molecule has 0 bridgehead atoms. The van der Waals surface area contributed by atoms with Crippen molar-refractivity contribution in [2.75, 3.05) is 45.3 Å². The predicted octanol–water partition coefficient (Wildman–Crippen LogP) is 2.80. The molecule has 9 heteroatoms. The summed E-state index contributed by atoms with van der Waals surface area (Å²) in [6.07, 6.45) is 6.29. The van der Waals surface area contributed by atoms with Crippen molar-refractivity contribution >= 4 is 40.3 Å². The first-order valence-electron chi connectivity index (χ1n) is 13.6. The molecular formula is C29H40N4O4S. The number of esters is 1. The van der Waals surface area contributed by atoms with Gasteiger partial charge in [-0.1, -0.05) is 42.5 Å². The first-order valence-corrected chi connectivity index (χ1v) is 15.0. The summed E-state index contributed by atoms with van der Waals surface area (Å²) in [5.41, 5.74) is 1.14. The van der Waals surface area contributed by atoms with E-state index in [1.165, 1.54) is 7.11 Å². The smallest absolute Gasteiger partial charge is 0.328 e. The van der Waals surface area contributed by atoms with Gasteiger partial charge in [-0.2, -0.15) is 11.8 Å². The van der Waals surface area contributed by atoms with Crippen LogP contribution in [0.5, 0.6) is 0 Å². The fourth-order valence-electron chi connectivity index (χ4n) is 5.64. The Morgan fingerprint density at radius 1 is 1.16 bits per heavy atom. The molecule has 0 saturated carbocycles. The molecule has 1 unspecified atom stereocenters. The molecule has 2 saturated heterocycles. The molecule has 2 aromatic rings. The molecule has 2 aliphatic rings. The molecule has 0 radical (unpaired) electrons. The van der Waals surface area contributed by atoms with Crippen LogP contribution in [0.1, 0.15) is 37.7 Å². The number of fused-ring (bicyclic) bond motifs is 1. The molecule has 2 fully saturated rings. The average molecular weight is 541 g/mol. The van der Waals surface area contributed by atoms with Crippen molar-refractivity contribution in [3.05, 3.63) is 48.0 Å². The van der Waals surface area contributed by atoms with E-state index in [1.807, 2.05) is 29.4 Å². The van der Waals surface area contributed by atoms with E-state index in [-0.39, 0.29) is 30.4 Å². The van der Waals surface area contributed by atoms with Crippen molar-refractivity contribution in [1.29, 1.82) is 0 Å². The van der Waals surface area contributed by atoms with E-state index in [0.717, 1.165) is 60.9 Å². The number of thioether (sulfide) groups is 1. The third-order valence-corrected chi connectivity index (χ3v) is 8.20. The van der Waals surface area contributed by atoms with E-state index >= 15 is 0 Å². The minimum absolute atomic E-state index is 0.0561. The van der Waals surface area contributed by atoms with Crippen LogP contribution in [0.4, 0.5) is 0 Å². The summed E-state index contributed by atoms with van der Waals surface area (Å²) in [7, 11) is 1.35. The number of nitrogens with zero attached hydrogens (tertiary/aromatic N) is 2. The number of methoxy groups -OCH3 is 1. The molecule has 2 aromatic carbocycles. The Morgan fingerprint density at radius 3 is 2.74 bits per heavy atom. The Kier molecular flexibility index (Phi) is 10.4. The summed E-state index contributed by atoms with van der Waals surface area (Å²) < 4.78 is 4.93. The van der Waals surface area contributed by atoms with Crippen molar-refractivity contribution in [3.63, 3.8) is 0 Å². The molecule has 2 aliphatic heterocycles. The average Bonchev–Trinajstić information content (AvgIpc) is 3.63.